The molecule has 0 heterocycles. The molecule has 2 rings (SSSR count). The Morgan fingerprint density at radius 2 is 1.60 bits per heavy atom. The predicted molar refractivity (Wildman–Crippen MR) is 180 cm³/mol. The minimum atomic E-state index is -0.875. The summed E-state index contributed by atoms with van der Waals surface area (Å²) in [6.45, 7) is 13.9. The number of benzene rings is 2. The van der Waals surface area contributed by atoms with Gasteiger partial charge in [0.15, 0.2) is 0 Å². The van der Waals surface area contributed by atoms with Crippen LogP contribution in [0.25, 0.3) is 0 Å². The molecule has 0 saturated heterocycles. The number of carbonyl (C=O) groups excluding carboxylic acids is 3. The molecule has 2 unspecified atom stereocenters. The lowest BCUT2D eigenvalue weighted by molar-refractivity contribution is -0.141. The summed E-state index contributed by atoms with van der Waals surface area (Å²) >= 11 is 1.61. The number of ether oxygens (including phenoxy) is 1. The molecule has 8 heteroatoms. The third-order valence-electron chi connectivity index (χ3n) is 7.33. The lowest BCUT2D eigenvalue weighted by Gasteiger charge is -2.35. The fourth-order valence-corrected chi connectivity index (χ4v) is 5.46. The zero-order chi connectivity index (χ0) is 32.0. The second kappa shape index (κ2) is 18.0. The van der Waals surface area contributed by atoms with Crippen LogP contribution in [0.15, 0.2) is 42.5 Å². The first-order valence-electron chi connectivity index (χ1n) is 15.6. The van der Waals surface area contributed by atoms with E-state index in [1.54, 1.807) is 37.4 Å². The summed E-state index contributed by atoms with van der Waals surface area (Å²) in [5.41, 5.74) is 3.66. The van der Waals surface area contributed by atoms with Gasteiger partial charge in [0, 0.05) is 12.2 Å². The summed E-state index contributed by atoms with van der Waals surface area (Å²) in [6, 6.07) is 11.9. The zero-order valence-electron chi connectivity index (χ0n) is 27.5. The number of rotatable bonds is 16. The molecule has 238 valence electrons. The minimum Gasteiger partial charge on any atom is -0.444 e. The topological polar surface area (TPSA) is 87.7 Å². The van der Waals surface area contributed by atoms with E-state index in [0.717, 1.165) is 54.4 Å². The van der Waals surface area contributed by atoms with E-state index in [1.807, 2.05) is 69.5 Å². The molecule has 0 saturated carbocycles. The Morgan fingerprint density at radius 3 is 2.26 bits per heavy atom. The molecule has 2 aromatic carbocycles. The number of aryl methyl sites for hydroxylation is 3. The van der Waals surface area contributed by atoms with Gasteiger partial charge in [-0.3, -0.25) is 9.59 Å². The average molecular weight is 612 g/mol. The maximum atomic E-state index is 14.5. The Hall–Kier alpha value is -3.00. The van der Waals surface area contributed by atoms with Crippen LogP contribution in [0.4, 0.5) is 10.5 Å². The van der Waals surface area contributed by atoms with Crippen LogP contribution < -0.4 is 10.6 Å². The van der Waals surface area contributed by atoms with Crippen molar-refractivity contribution >= 4 is 35.4 Å². The third-order valence-corrected chi connectivity index (χ3v) is 7.97. The van der Waals surface area contributed by atoms with E-state index in [1.165, 1.54) is 6.42 Å². The van der Waals surface area contributed by atoms with Crippen LogP contribution in [0.2, 0.25) is 0 Å². The van der Waals surface area contributed by atoms with Gasteiger partial charge in [-0.1, -0.05) is 81.0 Å². The second-order valence-corrected chi connectivity index (χ2v) is 13.3. The van der Waals surface area contributed by atoms with Crippen LogP contribution in [-0.4, -0.2) is 53.0 Å². The lowest BCUT2D eigenvalue weighted by Crippen LogP contribution is -2.53. The molecular formula is C35H53N3O4S. The SMILES string of the molecule is CCCCCCCCN(C(=O)C(CCSC)NC(=O)OC(C)(C)C)C(C(=O)Nc1ccccc1C)c1cc(C)ccc1C. The van der Waals surface area contributed by atoms with Gasteiger partial charge in [-0.2, -0.15) is 11.8 Å². The number of hydrogen-bond donors (Lipinski definition) is 2. The van der Waals surface area contributed by atoms with Crippen LogP contribution in [0.5, 0.6) is 0 Å². The molecule has 0 bridgehead atoms. The van der Waals surface area contributed by atoms with Crippen molar-refractivity contribution in [1.82, 2.24) is 10.2 Å². The highest BCUT2D eigenvalue weighted by Crippen LogP contribution is 2.29. The Labute approximate surface area is 263 Å². The van der Waals surface area contributed by atoms with E-state index in [-0.39, 0.29) is 11.8 Å². The number of nitrogens with zero attached hydrogens (tertiary/aromatic N) is 1. The van der Waals surface area contributed by atoms with Gasteiger partial charge in [0.2, 0.25) is 5.91 Å². The highest BCUT2D eigenvalue weighted by Gasteiger charge is 2.37. The average Bonchev–Trinajstić information content (AvgIpc) is 2.93. The standard InChI is InChI=1S/C35H53N3O4S/c1-9-10-11-12-13-16-22-38(33(40)30(21-23-43-8)37-34(41)42-35(5,6)7)31(28-24-25(2)19-20-26(28)3)32(39)36-29-18-15-14-17-27(29)4/h14-15,17-20,24,30-31H,9-13,16,21-23H2,1-8H3,(H,36,39)(H,37,41). The molecule has 43 heavy (non-hydrogen) atoms. The number of amides is 3. The van der Waals surface area contributed by atoms with E-state index in [9.17, 15) is 14.4 Å². The first-order valence-corrected chi connectivity index (χ1v) is 17.0. The van der Waals surface area contributed by atoms with Crippen molar-refractivity contribution in [2.24, 2.45) is 0 Å². The zero-order valence-corrected chi connectivity index (χ0v) is 28.4. The van der Waals surface area contributed by atoms with Crippen molar-refractivity contribution in [3.63, 3.8) is 0 Å². The van der Waals surface area contributed by atoms with Crippen molar-refractivity contribution in [2.75, 3.05) is 23.9 Å². The molecule has 7 nitrogen and oxygen atoms in total. The molecule has 0 radical (unpaired) electrons. The molecule has 0 spiro atoms. The van der Waals surface area contributed by atoms with Gasteiger partial charge in [-0.25, -0.2) is 4.79 Å². The number of anilines is 1. The first kappa shape index (κ1) is 36.2. The predicted octanol–water partition coefficient (Wildman–Crippen LogP) is 8.13. The number of thioether (sulfide) groups is 1. The van der Waals surface area contributed by atoms with Crippen molar-refractivity contribution in [3.05, 3.63) is 64.7 Å². The number of nitrogens with one attached hydrogen (secondary N) is 2. The smallest absolute Gasteiger partial charge is 0.408 e. The Bertz CT molecular complexity index is 1190. The number of alkyl carbamates (subject to hydrolysis) is 1. The van der Waals surface area contributed by atoms with Crippen molar-refractivity contribution in [2.45, 2.75) is 111 Å². The molecule has 0 aliphatic carbocycles. The molecule has 2 aromatic rings. The van der Waals surface area contributed by atoms with Gasteiger partial charge in [0.05, 0.1) is 0 Å². The summed E-state index contributed by atoms with van der Waals surface area (Å²) in [5.74, 6) is 0.114. The molecule has 3 amide bonds. The van der Waals surface area contributed by atoms with Crippen LogP contribution in [0.1, 0.15) is 101 Å². The monoisotopic (exact) mass is 611 g/mol. The van der Waals surface area contributed by atoms with Crippen LogP contribution >= 0.6 is 11.8 Å². The first-order chi connectivity index (χ1) is 20.4. The molecule has 0 aromatic heterocycles. The van der Waals surface area contributed by atoms with E-state index < -0.39 is 23.8 Å². The van der Waals surface area contributed by atoms with Crippen molar-refractivity contribution < 1.29 is 19.1 Å². The Morgan fingerprint density at radius 1 is 0.930 bits per heavy atom. The highest BCUT2D eigenvalue weighted by molar-refractivity contribution is 7.98. The third kappa shape index (κ3) is 12.3. The summed E-state index contributed by atoms with van der Waals surface area (Å²) in [6.07, 6.45) is 8.03. The Kier molecular flexibility index (Phi) is 15.1. The van der Waals surface area contributed by atoms with E-state index in [4.69, 9.17) is 4.74 Å². The van der Waals surface area contributed by atoms with Gasteiger partial charge in [-0.15, -0.1) is 0 Å². The lowest BCUT2D eigenvalue weighted by atomic mass is 9.95. The van der Waals surface area contributed by atoms with E-state index in [2.05, 4.69) is 17.6 Å². The van der Waals surface area contributed by atoms with Gasteiger partial charge < -0.3 is 20.3 Å². The van der Waals surface area contributed by atoms with Crippen LogP contribution in [0.3, 0.4) is 0 Å². The summed E-state index contributed by atoms with van der Waals surface area (Å²) in [5, 5.41) is 5.95. The maximum absolute atomic E-state index is 14.5. The molecule has 0 aliphatic rings. The van der Waals surface area contributed by atoms with Gasteiger partial charge >= 0.3 is 6.09 Å². The van der Waals surface area contributed by atoms with Crippen LogP contribution in [-0.2, 0) is 14.3 Å². The van der Waals surface area contributed by atoms with Crippen LogP contribution in [0, 0.1) is 20.8 Å². The van der Waals surface area contributed by atoms with Gasteiger partial charge in [0.25, 0.3) is 5.91 Å². The number of para-hydroxylation sites is 1. The molecular weight excluding hydrogens is 558 g/mol. The highest BCUT2D eigenvalue weighted by atomic mass is 32.2. The number of carbonyl (C=O) groups is 3. The summed E-state index contributed by atoms with van der Waals surface area (Å²) in [4.78, 5) is 43.4. The fraction of sp³-hybridized carbons (Fsp3) is 0.571. The molecule has 0 fully saturated rings. The summed E-state index contributed by atoms with van der Waals surface area (Å²) < 4.78 is 5.53. The van der Waals surface area contributed by atoms with Crippen molar-refractivity contribution in [3.8, 4) is 0 Å². The van der Waals surface area contributed by atoms with E-state index >= 15 is 0 Å². The quantitative estimate of drug-likeness (QED) is 0.187. The molecule has 2 N–H and O–H groups in total. The van der Waals surface area contributed by atoms with Gasteiger partial charge in [-0.05, 0) is 89.1 Å². The number of unbranched alkanes of at least 4 members (excludes halogenated alkanes) is 5. The fourth-order valence-electron chi connectivity index (χ4n) is 4.99. The van der Waals surface area contributed by atoms with E-state index in [0.29, 0.717) is 24.4 Å². The van der Waals surface area contributed by atoms with Gasteiger partial charge in [0.1, 0.15) is 17.7 Å². The Balaban J connectivity index is 2.56. The van der Waals surface area contributed by atoms with Crippen molar-refractivity contribution in [1.29, 1.82) is 0 Å². The molecule has 0 aliphatic heterocycles. The maximum Gasteiger partial charge on any atom is 0.408 e. The normalized spacial score (nSPS) is 12.7. The molecule has 2 atom stereocenters. The largest absolute Gasteiger partial charge is 0.444 e. The number of hydrogen-bond acceptors (Lipinski definition) is 5. The minimum absolute atomic E-state index is 0.275. The summed E-state index contributed by atoms with van der Waals surface area (Å²) in [7, 11) is 0. The second-order valence-electron chi connectivity index (χ2n) is 12.3.